The molecule has 2 aromatic rings. The highest BCUT2D eigenvalue weighted by molar-refractivity contribution is 5.94. The average Bonchev–Trinajstić information content (AvgIpc) is 3.10. The summed E-state index contributed by atoms with van der Waals surface area (Å²) in [5.74, 6) is 0.270. The van der Waals surface area contributed by atoms with Crippen LogP contribution in [0.4, 0.5) is 5.82 Å². The summed E-state index contributed by atoms with van der Waals surface area (Å²) < 4.78 is 1.78. The third-order valence-corrected chi connectivity index (χ3v) is 5.28. The Balaban J connectivity index is 2.05. The Labute approximate surface area is 186 Å². The maximum absolute atomic E-state index is 12.5. The van der Waals surface area contributed by atoms with E-state index in [4.69, 9.17) is 5.10 Å². The third kappa shape index (κ3) is 7.53. The second-order valence-electron chi connectivity index (χ2n) is 9.36. The molecule has 6 nitrogen and oxygen atoms in total. The molecule has 0 bridgehead atoms. The van der Waals surface area contributed by atoms with Gasteiger partial charge in [-0.15, -0.1) is 0 Å². The van der Waals surface area contributed by atoms with E-state index in [1.54, 1.807) is 4.68 Å². The van der Waals surface area contributed by atoms with Gasteiger partial charge >= 0.3 is 0 Å². The van der Waals surface area contributed by atoms with Crippen molar-refractivity contribution < 1.29 is 9.59 Å². The number of aromatic nitrogens is 2. The molecule has 1 aromatic heterocycles. The van der Waals surface area contributed by atoms with Gasteiger partial charge in [-0.05, 0) is 31.9 Å². The molecule has 2 amide bonds. The van der Waals surface area contributed by atoms with E-state index in [1.165, 1.54) is 18.4 Å². The number of amides is 2. The molecule has 0 aliphatic carbocycles. The highest BCUT2D eigenvalue weighted by Gasteiger charge is 2.22. The minimum Gasteiger partial charge on any atom is -0.347 e. The molecule has 0 fully saturated rings. The lowest BCUT2D eigenvalue weighted by molar-refractivity contribution is -0.124. The zero-order valence-corrected chi connectivity index (χ0v) is 20.0. The van der Waals surface area contributed by atoms with E-state index >= 15 is 0 Å². The van der Waals surface area contributed by atoms with E-state index in [-0.39, 0.29) is 23.8 Å². The van der Waals surface area contributed by atoms with Crippen molar-refractivity contribution in [2.45, 2.75) is 85.5 Å². The lowest BCUT2D eigenvalue weighted by Gasteiger charge is -2.14. The quantitative estimate of drug-likeness (QED) is 0.513. The van der Waals surface area contributed by atoms with Gasteiger partial charge in [-0.3, -0.25) is 9.59 Å². The number of carbonyl (C=O) groups is 2. The van der Waals surface area contributed by atoms with Crippen LogP contribution in [0.3, 0.4) is 0 Å². The van der Waals surface area contributed by atoms with Gasteiger partial charge in [0.05, 0.1) is 17.9 Å². The van der Waals surface area contributed by atoms with Crippen LogP contribution in [0.2, 0.25) is 0 Å². The van der Waals surface area contributed by atoms with Crippen molar-refractivity contribution in [1.29, 1.82) is 0 Å². The van der Waals surface area contributed by atoms with E-state index in [9.17, 15) is 9.59 Å². The van der Waals surface area contributed by atoms with Crippen LogP contribution < -0.4 is 10.6 Å². The summed E-state index contributed by atoms with van der Waals surface area (Å²) >= 11 is 0. The molecule has 2 rings (SSSR count). The molecule has 0 saturated heterocycles. The maximum Gasteiger partial charge on any atom is 0.244 e. The smallest absolute Gasteiger partial charge is 0.244 e. The van der Waals surface area contributed by atoms with E-state index in [0.29, 0.717) is 12.2 Å². The number of hydrogen-bond donors (Lipinski definition) is 2. The van der Waals surface area contributed by atoms with Crippen LogP contribution in [-0.2, 0) is 15.0 Å². The number of carbonyl (C=O) groups excluding carboxylic acids is 2. The fourth-order valence-corrected chi connectivity index (χ4v) is 3.41. The van der Waals surface area contributed by atoms with Crippen molar-refractivity contribution in [3.63, 3.8) is 0 Å². The number of anilines is 1. The lowest BCUT2D eigenvalue weighted by Crippen LogP contribution is -2.33. The van der Waals surface area contributed by atoms with Gasteiger partial charge < -0.3 is 10.6 Å². The van der Waals surface area contributed by atoms with Crippen LogP contribution >= 0.6 is 0 Å². The minimum absolute atomic E-state index is 0.0449. The first-order valence-electron chi connectivity index (χ1n) is 11.4. The van der Waals surface area contributed by atoms with Gasteiger partial charge in [0.15, 0.2) is 0 Å². The molecule has 6 heteroatoms. The summed E-state index contributed by atoms with van der Waals surface area (Å²) in [6, 6.07) is 8.06. The number of rotatable bonds is 10. The van der Waals surface area contributed by atoms with Gasteiger partial charge in [-0.1, -0.05) is 71.1 Å². The van der Waals surface area contributed by atoms with Gasteiger partial charge in [0.2, 0.25) is 11.8 Å². The first kappa shape index (κ1) is 24.6. The maximum atomic E-state index is 12.5. The Morgan fingerprint density at radius 3 is 2.35 bits per heavy atom. The van der Waals surface area contributed by atoms with Gasteiger partial charge in [-0.2, -0.15) is 5.10 Å². The molecule has 2 N–H and O–H groups in total. The largest absolute Gasteiger partial charge is 0.347 e. The average molecular weight is 427 g/mol. The molecule has 0 radical (unpaired) electrons. The Hall–Kier alpha value is -2.63. The van der Waals surface area contributed by atoms with E-state index in [1.807, 2.05) is 25.1 Å². The molecule has 0 spiro atoms. The molecule has 0 aliphatic rings. The van der Waals surface area contributed by atoms with Gasteiger partial charge in [0, 0.05) is 17.9 Å². The van der Waals surface area contributed by atoms with Crippen molar-refractivity contribution in [3.8, 4) is 5.69 Å². The fourth-order valence-electron chi connectivity index (χ4n) is 3.41. The number of hydrogen-bond acceptors (Lipinski definition) is 3. The van der Waals surface area contributed by atoms with Crippen molar-refractivity contribution >= 4 is 17.6 Å². The third-order valence-electron chi connectivity index (χ3n) is 5.28. The molecular weight excluding hydrogens is 388 g/mol. The Kier molecular flexibility index (Phi) is 8.84. The van der Waals surface area contributed by atoms with Crippen LogP contribution in [-0.4, -0.2) is 28.1 Å². The number of unbranched alkanes of at least 4 members (excludes halogenated alkanes) is 4. The zero-order valence-electron chi connectivity index (χ0n) is 20.0. The lowest BCUT2D eigenvalue weighted by atomic mass is 9.92. The molecule has 31 heavy (non-hydrogen) atoms. The van der Waals surface area contributed by atoms with Crippen molar-refractivity contribution in [1.82, 2.24) is 15.1 Å². The van der Waals surface area contributed by atoms with Crippen LogP contribution in [0, 0.1) is 13.8 Å². The minimum atomic E-state index is -0.259. The number of nitrogens with zero attached hydrogens (tertiary/aromatic N) is 2. The van der Waals surface area contributed by atoms with Crippen molar-refractivity contribution in [2.24, 2.45) is 0 Å². The Bertz CT molecular complexity index is 893. The first-order valence-corrected chi connectivity index (χ1v) is 11.4. The summed E-state index contributed by atoms with van der Waals surface area (Å²) in [6.07, 6.45) is 5.92. The van der Waals surface area contributed by atoms with Gasteiger partial charge in [0.25, 0.3) is 0 Å². The number of aryl methyl sites for hydroxylation is 2. The molecule has 170 valence electrons. The summed E-state index contributed by atoms with van der Waals surface area (Å²) in [5, 5.41) is 10.4. The van der Waals surface area contributed by atoms with Crippen molar-refractivity contribution in [2.75, 3.05) is 11.9 Å². The molecule has 0 aliphatic heterocycles. The highest BCUT2D eigenvalue weighted by Crippen LogP contribution is 2.27. The van der Waals surface area contributed by atoms with E-state index < -0.39 is 0 Å². The number of benzene rings is 1. The molecule has 0 atom stereocenters. The SMILES string of the molecule is CCCCCCCC(=O)NCC(=O)Nc1cc(C(C)(C)C)nn1-c1ccc(C)cc1C. The normalized spacial score (nSPS) is 11.4. The van der Waals surface area contributed by atoms with Crippen LogP contribution in [0.5, 0.6) is 0 Å². The van der Waals surface area contributed by atoms with Crippen LogP contribution in [0.15, 0.2) is 24.3 Å². The Morgan fingerprint density at radius 2 is 1.71 bits per heavy atom. The summed E-state index contributed by atoms with van der Waals surface area (Å²) in [6.45, 7) is 12.5. The summed E-state index contributed by atoms with van der Waals surface area (Å²) in [7, 11) is 0. The Morgan fingerprint density at radius 1 is 1.00 bits per heavy atom. The van der Waals surface area contributed by atoms with Gasteiger partial charge in [0.1, 0.15) is 5.82 Å². The topological polar surface area (TPSA) is 76.0 Å². The molecule has 1 heterocycles. The van der Waals surface area contributed by atoms with Crippen molar-refractivity contribution in [3.05, 3.63) is 41.1 Å². The molecule has 0 unspecified atom stereocenters. The fraction of sp³-hybridized carbons (Fsp3) is 0.560. The van der Waals surface area contributed by atoms with Crippen LogP contribution in [0.25, 0.3) is 5.69 Å². The first-order chi connectivity index (χ1) is 14.6. The summed E-state index contributed by atoms with van der Waals surface area (Å²) in [5.41, 5.74) is 3.91. The second-order valence-corrected chi connectivity index (χ2v) is 9.36. The van der Waals surface area contributed by atoms with E-state index in [0.717, 1.165) is 36.2 Å². The molecule has 0 saturated carbocycles. The molecule has 1 aromatic carbocycles. The van der Waals surface area contributed by atoms with Crippen LogP contribution in [0.1, 0.15) is 83.0 Å². The molecular formula is C25H38N4O2. The number of nitrogens with one attached hydrogen (secondary N) is 2. The predicted octanol–water partition coefficient (Wildman–Crippen LogP) is 5.20. The second kappa shape index (κ2) is 11.1. The highest BCUT2D eigenvalue weighted by atomic mass is 16.2. The summed E-state index contributed by atoms with van der Waals surface area (Å²) in [4.78, 5) is 24.6. The monoisotopic (exact) mass is 426 g/mol. The van der Waals surface area contributed by atoms with Gasteiger partial charge in [-0.25, -0.2) is 4.68 Å². The standard InChI is InChI=1S/C25H38N4O2/c1-7-8-9-10-11-12-23(30)26-17-24(31)27-22-16-21(25(4,5)6)28-29(22)20-14-13-18(2)15-19(20)3/h13-16H,7-12,17H2,1-6H3,(H,26,30)(H,27,31). The van der Waals surface area contributed by atoms with E-state index in [2.05, 4.69) is 51.3 Å². The zero-order chi connectivity index (χ0) is 23.0. The predicted molar refractivity (Wildman–Crippen MR) is 127 cm³/mol.